The number of allylic oxidation sites excluding steroid dienone is 3. The monoisotopic (exact) mass is 625 g/mol. The Bertz CT molecular complexity index is 1200. The molecule has 1 aliphatic heterocycles. The lowest BCUT2D eigenvalue weighted by Crippen LogP contribution is -2.13. The highest BCUT2D eigenvalue weighted by Gasteiger charge is 2.29. The number of hydrogen-bond acceptors (Lipinski definition) is 0. The van der Waals surface area contributed by atoms with E-state index in [0.29, 0.717) is 0 Å². The fourth-order valence-electron chi connectivity index (χ4n) is 6.90. The van der Waals surface area contributed by atoms with Crippen LogP contribution in [0.3, 0.4) is 0 Å². The highest BCUT2D eigenvalue weighted by atomic mass is 15.3. The first kappa shape index (κ1) is 37.8. The highest BCUT2D eigenvalue weighted by molar-refractivity contribution is 6.15. The van der Waals surface area contributed by atoms with Crippen LogP contribution in [0, 0.1) is 0 Å². The molecule has 0 saturated heterocycles. The van der Waals surface area contributed by atoms with Gasteiger partial charge in [-0.3, -0.25) is 0 Å². The molecule has 1 aliphatic rings. The van der Waals surface area contributed by atoms with E-state index in [1.165, 1.54) is 142 Å². The number of unbranched alkanes of at least 4 members (excludes halogenated alkanes) is 13. The van der Waals surface area contributed by atoms with E-state index in [0.717, 1.165) is 49.9 Å². The van der Waals surface area contributed by atoms with Crippen LogP contribution in [0.4, 0.5) is 0 Å². The van der Waals surface area contributed by atoms with Crippen molar-refractivity contribution >= 4 is 11.4 Å². The summed E-state index contributed by atoms with van der Waals surface area (Å²) in [6.07, 6.45) is 32.0. The Hall–Kier alpha value is -2.61. The molecule has 2 aromatic carbocycles. The zero-order valence-electron chi connectivity index (χ0n) is 30.6. The number of nitrogens with one attached hydrogen (secondary N) is 1. The molecular formula is C44H68N2. The fraction of sp³-hybridized carbons (Fsp3) is 0.614. The Balaban J connectivity index is 2.03. The van der Waals surface area contributed by atoms with Crippen LogP contribution in [-0.4, -0.2) is 10.4 Å². The second kappa shape index (κ2) is 22.0. The van der Waals surface area contributed by atoms with Gasteiger partial charge in [0.05, 0.1) is 0 Å². The largest absolute Gasteiger partial charge is 0.448 e. The summed E-state index contributed by atoms with van der Waals surface area (Å²) in [4.78, 5) is 0. The second-order valence-corrected chi connectivity index (χ2v) is 14.0. The molecule has 1 heterocycles. The first-order valence-electron chi connectivity index (χ1n) is 19.6. The van der Waals surface area contributed by atoms with Crippen molar-refractivity contribution in [2.45, 2.75) is 176 Å². The van der Waals surface area contributed by atoms with Gasteiger partial charge in [0.15, 0.2) is 0 Å². The highest BCUT2D eigenvalue weighted by Crippen LogP contribution is 2.32. The molecule has 1 N–H and O–H groups in total. The topological polar surface area (TPSA) is 26.8 Å². The number of hydrogen-bond donors (Lipinski definition) is 0. The predicted molar refractivity (Wildman–Crippen MR) is 204 cm³/mol. The van der Waals surface area contributed by atoms with Crippen LogP contribution >= 0.6 is 0 Å². The molecule has 0 radical (unpaired) electrons. The lowest BCUT2D eigenvalue weighted by molar-refractivity contribution is -0.347. The van der Waals surface area contributed by atoms with E-state index in [1.54, 1.807) is 4.68 Å². The predicted octanol–water partition coefficient (Wildman–Crippen LogP) is 13.7. The Morgan fingerprint density at radius 2 is 0.870 bits per heavy atom. The fourth-order valence-corrected chi connectivity index (χ4v) is 6.90. The minimum Gasteiger partial charge on any atom is -0.448 e. The summed E-state index contributed by atoms with van der Waals surface area (Å²) in [5, 5.41) is 0. The van der Waals surface area contributed by atoms with Gasteiger partial charge in [-0.15, -0.1) is 0 Å². The van der Waals surface area contributed by atoms with Crippen molar-refractivity contribution in [1.82, 2.24) is 0 Å². The third kappa shape index (κ3) is 12.5. The summed E-state index contributed by atoms with van der Waals surface area (Å²) in [5.41, 5.74) is 11.6. The molecule has 0 saturated carbocycles. The molecule has 0 fully saturated rings. The minimum atomic E-state index is 1.04. The Kier molecular flexibility index (Phi) is 18.1. The first-order chi connectivity index (χ1) is 22.5. The van der Waals surface area contributed by atoms with Crippen LogP contribution in [0.25, 0.3) is 11.5 Å². The first-order valence-corrected chi connectivity index (χ1v) is 19.6. The van der Waals surface area contributed by atoms with Crippen molar-refractivity contribution in [1.29, 1.82) is 0 Å². The van der Waals surface area contributed by atoms with E-state index in [4.69, 9.17) is 0 Å². The van der Waals surface area contributed by atoms with Crippen LogP contribution in [0.2, 0.25) is 0 Å². The molecule has 0 amide bonds. The Morgan fingerprint density at radius 3 is 1.24 bits per heavy atom. The molecular weight excluding hydrogens is 556 g/mol. The van der Waals surface area contributed by atoms with Crippen LogP contribution in [0.5, 0.6) is 0 Å². The van der Waals surface area contributed by atoms with Gasteiger partial charge in [0.1, 0.15) is 0 Å². The summed E-state index contributed by atoms with van der Waals surface area (Å²) in [5.74, 6) is 9.63. The molecule has 2 nitrogen and oxygen atoms in total. The number of benzene rings is 2. The standard InChI is InChI=1S/C44H68N2/c1-6-11-16-20-24-36-29-37(25-21-17-12-7-2)32-41(31-36)43-35-40(28-15-10-5)44(46(43)45)42-33-38(26-22-18-13-8-3)30-39(34-42)27-23-19-14-9-4/h28-35,45H,6-27H2,1-5H3. The van der Waals surface area contributed by atoms with Crippen molar-refractivity contribution in [2.75, 3.05) is 0 Å². The number of rotatable bonds is 24. The van der Waals surface area contributed by atoms with E-state index in [1.807, 2.05) is 0 Å². The average Bonchev–Trinajstić information content (AvgIpc) is 3.40. The summed E-state index contributed by atoms with van der Waals surface area (Å²) in [7, 11) is 0. The van der Waals surface area contributed by atoms with Crippen LogP contribution in [0.15, 0.2) is 54.1 Å². The van der Waals surface area contributed by atoms with Crippen LogP contribution in [-0.2, 0) is 25.7 Å². The molecule has 254 valence electrons. The summed E-state index contributed by atoms with van der Waals surface area (Å²) < 4.78 is 1.79. The smallest absolute Gasteiger partial charge is 0.215 e. The van der Waals surface area contributed by atoms with Crippen LogP contribution < -0.4 is 0 Å². The van der Waals surface area contributed by atoms with E-state index in [2.05, 4.69) is 83.2 Å². The molecule has 2 aromatic rings. The molecule has 46 heavy (non-hydrogen) atoms. The summed E-state index contributed by atoms with van der Waals surface area (Å²) in [6.45, 7) is 11.4. The quantitative estimate of drug-likeness (QED) is 0.0820. The van der Waals surface area contributed by atoms with Crippen molar-refractivity contribution in [3.63, 3.8) is 0 Å². The van der Waals surface area contributed by atoms with Gasteiger partial charge < -0.3 is 5.84 Å². The summed E-state index contributed by atoms with van der Waals surface area (Å²) in [6, 6.07) is 14.6. The molecule has 2 heteroatoms. The lowest BCUT2D eigenvalue weighted by atomic mass is 9.93. The van der Waals surface area contributed by atoms with Gasteiger partial charge in [-0.2, -0.15) is 0 Å². The molecule has 3 rings (SSSR count). The molecule has 0 unspecified atom stereocenters. The van der Waals surface area contributed by atoms with Crippen molar-refractivity contribution < 1.29 is 4.68 Å². The maximum absolute atomic E-state index is 9.63. The molecule has 0 spiro atoms. The SMILES string of the molecule is CCCC=C1C=C(c2cc(CCCCCC)cc(CCCCCC)c2)[N+]([NH-])=C1c1cc(CCCCCC)cc(CCCCCC)c1. The molecule has 0 aromatic heterocycles. The maximum atomic E-state index is 9.63. The third-order valence-electron chi connectivity index (χ3n) is 9.63. The average molecular weight is 625 g/mol. The van der Waals surface area contributed by atoms with Gasteiger partial charge in [0, 0.05) is 22.8 Å². The van der Waals surface area contributed by atoms with Crippen molar-refractivity contribution in [2.24, 2.45) is 0 Å². The summed E-state index contributed by atoms with van der Waals surface area (Å²) >= 11 is 0. The normalized spacial score (nSPS) is 14.1. The van der Waals surface area contributed by atoms with Gasteiger partial charge in [0.2, 0.25) is 11.4 Å². The van der Waals surface area contributed by atoms with E-state index in [9.17, 15) is 5.84 Å². The molecule has 0 aliphatic carbocycles. The van der Waals surface area contributed by atoms with E-state index < -0.39 is 0 Å². The lowest BCUT2D eigenvalue weighted by Gasteiger charge is -2.14. The van der Waals surface area contributed by atoms with Gasteiger partial charge >= 0.3 is 0 Å². The van der Waals surface area contributed by atoms with Crippen molar-refractivity contribution in [3.05, 3.63) is 93.3 Å². The minimum absolute atomic E-state index is 1.04. The van der Waals surface area contributed by atoms with Gasteiger partial charge in [-0.25, -0.2) is 4.68 Å². The Morgan fingerprint density at radius 1 is 0.478 bits per heavy atom. The van der Waals surface area contributed by atoms with E-state index in [-0.39, 0.29) is 0 Å². The second-order valence-electron chi connectivity index (χ2n) is 14.0. The van der Waals surface area contributed by atoms with Gasteiger partial charge in [-0.1, -0.05) is 136 Å². The zero-order chi connectivity index (χ0) is 33.0. The van der Waals surface area contributed by atoms with Gasteiger partial charge in [-0.05, 0) is 104 Å². The maximum Gasteiger partial charge on any atom is 0.215 e. The Labute approximate surface area is 284 Å². The van der Waals surface area contributed by atoms with Crippen LogP contribution in [0.1, 0.15) is 184 Å². The van der Waals surface area contributed by atoms with Gasteiger partial charge in [0.25, 0.3) is 0 Å². The molecule has 0 atom stereocenters. The zero-order valence-corrected chi connectivity index (χ0v) is 30.6. The van der Waals surface area contributed by atoms with Crippen molar-refractivity contribution in [3.8, 4) is 0 Å². The van der Waals surface area contributed by atoms with E-state index >= 15 is 0 Å². The number of nitrogens with zero attached hydrogens (tertiary/aromatic N) is 1. The molecule has 0 bridgehead atoms. The third-order valence-corrected chi connectivity index (χ3v) is 9.63. The number of aryl methyl sites for hydroxylation is 4.